The van der Waals surface area contributed by atoms with Gasteiger partial charge < -0.3 is 58.4 Å². The van der Waals surface area contributed by atoms with Gasteiger partial charge in [0, 0.05) is 72.8 Å². The summed E-state index contributed by atoms with van der Waals surface area (Å²) in [5, 5.41) is 11.0. The van der Waals surface area contributed by atoms with Crippen molar-refractivity contribution in [2.24, 2.45) is 23.7 Å². The second kappa shape index (κ2) is 25.9. The summed E-state index contributed by atoms with van der Waals surface area (Å²) in [6.07, 6.45) is -0.287. The van der Waals surface area contributed by atoms with Gasteiger partial charge in [0.1, 0.15) is 37.6 Å². The van der Waals surface area contributed by atoms with E-state index in [0.717, 1.165) is 68.8 Å². The highest BCUT2D eigenvalue weighted by molar-refractivity contribution is 7.88. The minimum Gasteiger partial charge on any atom is -0.449 e. The Bertz CT molecular complexity index is 4240. The Morgan fingerprint density at radius 3 is 2.14 bits per heavy atom. The number of benzene rings is 5. The van der Waals surface area contributed by atoms with E-state index in [1.165, 1.54) is 6.92 Å². The number of hydrogen-bond donors (Lipinski definition) is 5. The van der Waals surface area contributed by atoms with Crippen LogP contribution < -0.4 is 25.4 Å². The first-order valence-corrected chi connectivity index (χ1v) is 32.4. The number of carbonyl (C=O) groups excluding carboxylic acids is 7. The highest BCUT2D eigenvalue weighted by Crippen LogP contribution is 2.55. The molecule has 1 unspecified atom stereocenters. The number of aromatic nitrogens is 2. The molecule has 25 heteroatoms. The third-order valence-electron chi connectivity index (χ3n) is 18.4. The van der Waals surface area contributed by atoms with Crippen LogP contribution in [0.3, 0.4) is 0 Å². The van der Waals surface area contributed by atoms with Crippen molar-refractivity contribution in [2.45, 2.75) is 109 Å². The van der Waals surface area contributed by atoms with E-state index in [0.29, 0.717) is 51.6 Å². The normalized spacial score (nSPS) is 21.9. The Hall–Kier alpha value is -9.06. The van der Waals surface area contributed by atoms with Crippen LogP contribution in [0.4, 0.5) is 20.1 Å². The number of likely N-dealkylation sites (N-methyl/N-ethyl adjacent to an activating group) is 1. The molecule has 7 aromatic rings. The lowest BCUT2D eigenvalue weighted by molar-refractivity contribution is -0.264. The third kappa shape index (κ3) is 12.1. The van der Waals surface area contributed by atoms with Crippen LogP contribution in [0.1, 0.15) is 97.9 Å². The minimum absolute atomic E-state index is 0.0794. The zero-order valence-electron chi connectivity index (χ0n) is 51.8. The summed E-state index contributed by atoms with van der Waals surface area (Å²) in [7, 11) is -0.781. The molecule has 1 saturated heterocycles. The molecular formula is C67H73N9O15S. The number of carbonyl (C=O) groups is 7. The van der Waals surface area contributed by atoms with Crippen LogP contribution in [0.5, 0.6) is 0 Å². The molecule has 2 fully saturated rings. The van der Waals surface area contributed by atoms with E-state index in [1.54, 1.807) is 69.3 Å². The maximum Gasteiger partial charge on any atom is 0.421 e. The maximum absolute atomic E-state index is 15.1. The second-order valence-corrected chi connectivity index (χ2v) is 25.9. The molecule has 2 bridgehead atoms. The summed E-state index contributed by atoms with van der Waals surface area (Å²) in [5.74, 6) is 5.02. The average molecular weight is 1280 g/mol. The van der Waals surface area contributed by atoms with Crippen molar-refractivity contribution in [3.63, 3.8) is 0 Å². The summed E-state index contributed by atoms with van der Waals surface area (Å²) in [6, 6.07) is 28.8. The average Bonchev–Trinajstić information content (AvgIpc) is 1.48. The zero-order chi connectivity index (χ0) is 64.8. The molecule has 9 atom stereocenters. The quantitative estimate of drug-likeness (QED) is 0.0258. The van der Waals surface area contributed by atoms with E-state index in [-0.39, 0.29) is 57.9 Å². The van der Waals surface area contributed by atoms with Gasteiger partial charge in [0.2, 0.25) is 11.8 Å². The van der Waals surface area contributed by atoms with Gasteiger partial charge in [-0.05, 0) is 97.9 Å². The Labute approximate surface area is 531 Å². The molecule has 92 heavy (non-hydrogen) atoms. The van der Waals surface area contributed by atoms with E-state index in [2.05, 4.69) is 41.6 Å². The zero-order valence-corrected chi connectivity index (χ0v) is 52.6. The van der Waals surface area contributed by atoms with E-state index < -0.39 is 88.3 Å². The SMILES string of the molecule is CO[C@@H]1[C@H](N(C)C(=O)c2ccccc2)C[C@H]2O[C@]1(C)n1c3ccccc3c3c4c(c5c6ccccc6n2c5c31)C(=O)N(C(=O)OCc1ccc(NC(=O)[C@H](C)NC(=O)[C@@H](NC(=O)OCCOCCNS(=O)(=O)NC(=O)OCC2[C@H]3CCC#CCC[C@@H]23)C(C)C)cc1)C4. The minimum atomic E-state index is -4.22. The lowest BCUT2D eigenvalue weighted by atomic mass is 9.91. The molecule has 2 aliphatic carbocycles. The van der Waals surface area contributed by atoms with E-state index in [9.17, 15) is 37.2 Å². The molecule has 482 valence electrons. The summed E-state index contributed by atoms with van der Waals surface area (Å²) < 4.78 is 68.4. The van der Waals surface area contributed by atoms with E-state index >= 15 is 4.79 Å². The van der Waals surface area contributed by atoms with Gasteiger partial charge in [0.15, 0.2) is 5.72 Å². The van der Waals surface area contributed by atoms with Gasteiger partial charge in [-0.15, -0.1) is 11.8 Å². The first-order chi connectivity index (χ1) is 44.3. The number of hydrogen-bond acceptors (Lipinski definition) is 15. The highest BCUT2D eigenvalue weighted by Gasteiger charge is 2.56. The molecule has 12 rings (SSSR count). The summed E-state index contributed by atoms with van der Waals surface area (Å²) in [6.45, 7) is 6.08. The van der Waals surface area contributed by atoms with Crippen molar-refractivity contribution in [2.75, 3.05) is 52.4 Å². The monoisotopic (exact) mass is 1280 g/mol. The number of imide groups is 1. The lowest BCUT2D eigenvalue weighted by Crippen LogP contribution is -2.61. The van der Waals surface area contributed by atoms with Gasteiger partial charge in [0.25, 0.3) is 11.8 Å². The Morgan fingerprint density at radius 2 is 1.45 bits per heavy atom. The van der Waals surface area contributed by atoms with Gasteiger partial charge >= 0.3 is 28.5 Å². The molecule has 0 spiro atoms. The summed E-state index contributed by atoms with van der Waals surface area (Å²) >= 11 is 0. The predicted octanol–water partition coefficient (Wildman–Crippen LogP) is 8.17. The lowest BCUT2D eigenvalue weighted by Gasteiger charge is -2.50. The fourth-order valence-corrected chi connectivity index (χ4v) is 14.7. The molecule has 1 saturated carbocycles. The van der Waals surface area contributed by atoms with Crippen LogP contribution in [0.25, 0.3) is 43.6 Å². The number of fused-ring (bicyclic) bond motifs is 14. The van der Waals surface area contributed by atoms with Crippen LogP contribution >= 0.6 is 0 Å². The fraction of sp³-hybridized carbons (Fsp3) is 0.418. The smallest absolute Gasteiger partial charge is 0.421 e. The fourth-order valence-electron chi connectivity index (χ4n) is 14.0. The molecule has 5 aliphatic rings. The second-order valence-electron chi connectivity index (χ2n) is 24.4. The first kappa shape index (κ1) is 63.1. The highest BCUT2D eigenvalue weighted by atomic mass is 32.2. The van der Waals surface area contributed by atoms with Gasteiger partial charge in [-0.2, -0.15) is 13.1 Å². The maximum atomic E-state index is 15.1. The number of ether oxygens (including phenoxy) is 6. The van der Waals surface area contributed by atoms with Crippen molar-refractivity contribution >= 4 is 101 Å². The first-order valence-electron chi connectivity index (χ1n) is 30.9. The van der Waals surface area contributed by atoms with Crippen LogP contribution in [-0.2, 0) is 67.1 Å². The van der Waals surface area contributed by atoms with Crippen LogP contribution in [0.2, 0.25) is 0 Å². The Morgan fingerprint density at radius 1 is 0.772 bits per heavy atom. The van der Waals surface area contributed by atoms with Crippen LogP contribution in [-0.4, -0.2) is 141 Å². The van der Waals surface area contributed by atoms with Crippen LogP contribution in [0.15, 0.2) is 103 Å². The number of nitrogens with zero attached hydrogens (tertiary/aromatic N) is 4. The molecular weight excluding hydrogens is 1200 g/mol. The summed E-state index contributed by atoms with van der Waals surface area (Å²) in [5.41, 5.74) is 4.54. The van der Waals surface area contributed by atoms with Gasteiger partial charge in [-0.3, -0.25) is 19.2 Å². The molecule has 0 radical (unpaired) electrons. The molecule has 5 aromatic carbocycles. The predicted molar refractivity (Wildman–Crippen MR) is 339 cm³/mol. The standard InChI is InChI=1S/C67H73N9O15S/c1-38(2)56(71-64(81)88-33-32-87-31-30-68-92(84,85)72-65(82)89-37-48-43-20-12-7-8-13-21-44(43)48)61(78)69-39(3)60(77)70-42-28-26-40(27-29-42)36-90-66(83)74-35-47-53-46-23-15-17-25-50(46)76-58(53)57-54(55(47)63(74)80)45-22-14-16-24-49(45)75(57)52-34-51(59(86-6)67(76,4)91-52)73(5)62(79)41-18-10-9-11-19-41/h9-11,14-19,22-29,38-39,43-44,48,51-52,56,59,68H,12-13,20-21,30-37H2,1-6H3,(H,69,78)(H,70,77)(H,71,81)(H,72,82)/t39-,43-,44+,48?,51+,52+,56-,59+,67-/m0/s1. The van der Waals surface area contributed by atoms with Crippen molar-refractivity contribution in [3.8, 4) is 11.8 Å². The van der Waals surface area contributed by atoms with Crippen LogP contribution in [0, 0.1) is 35.5 Å². The number of nitrogens with one attached hydrogen (secondary N) is 5. The molecule has 24 nitrogen and oxygen atoms in total. The molecule has 3 aliphatic heterocycles. The largest absolute Gasteiger partial charge is 0.449 e. The third-order valence-corrected chi connectivity index (χ3v) is 19.4. The van der Waals surface area contributed by atoms with Gasteiger partial charge in [-0.25, -0.2) is 24.0 Å². The van der Waals surface area contributed by atoms with Crippen molar-refractivity contribution in [1.82, 2.24) is 39.0 Å². The van der Waals surface area contributed by atoms with Crippen molar-refractivity contribution < 1.29 is 70.4 Å². The molecule has 2 aromatic heterocycles. The van der Waals surface area contributed by atoms with Crippen molar-refractivity contribution in [1.29, 1.82) is 0 Å². The number of anilines is 1. The number of para-hydroxylation sites is 2. The van der Waals surface area contributed by atoms with E-state index in [1.807, 2.05) is 78.4 Å². The molecule has 5 N–H and O–H groups in total. The Balaban J connectivity index is 0.639. The van der Waals surface area contributed by atoms with Gasteiger partial charge in [-0.1, -0.05) is 80.6 Å². The molecule has 5 heterocycles. The molecule has 7 amide bonds. The number of amides is 7. The topological polar surface area (TPSA) is 285 Å². The number of methoxy groups -OCH3 is 1. The van der Waals surface area contributed by atoms with E-state index in [4.69, 9.17) is 28.4 Å². The number of rotatable bonds is 21. The summed E-state index contributed by atoms with van der Waals surface area (Å²) in [4.78, 5) is 98.2. The number of alkyl carbamates (subject to hydrolysis) is 1. The Kier molecular flexibility index (Phi) is 17.8. The van der Waals surface area contributed by atoms with Crippen molar-refractivity contribution in [3.05, 3.63) is 125 Å². The van der Waals surface area contributed by atoms with Gasteiger partial charge in [0.05, 0.1) is 60.0 Å².